The Labute approximate surface area is 105 Å². The summed E-state index contributed by atoms with van der Waals surface area (Å²) in [5, 5.41) is 0. The number of hydrogen-bond donors (Lipinski definition) is 1. The van der Waals surface area contributed by atoms with E-state index >= 15 is 0 Å². The van der Waals surface area contributed by atoms with Crippen LogP contribution in [0.5, 0.6) is 0 Å². The van der Waals surface area contributed by atoms with Crippen LogP contribution in [0.3, 0.4) is 0 Å². The summed E-state index contributed by atoms with van der Waals surface area (Å²) in [6, 6.07) is 7.12. The molecule has 5 nitrogen and oxygen atoms in total. The van der Waals surface area contributed by atoms with Gasteiger partial charge in [-0.05, 0) is 25.0 Å². The molecule has 0 atom stereocenters. The molecule has 0 aliphatic heterocycles. The molecule has 2 rings (SSSR count). The van der Waals surface area contributed by atoms with E-state index in [0.29, 0.717) is 11.4 Å². The minimum absolute atomic E-state index is 0.195. The molecule has 0 saturated heterocycles. The van der Waals surface area contributed by atoms with Gasteiger partial charge in [-0.1, -0.05) is 25.1 Å². The number of para-hydroxylation sites is 1. The third-order valence-electron chi connectivity index (χ3n) is 2.63. The fourth-order valence-corrected chi connectivity index (χ4v) is 1.79. The van der Waals surface area contributed by atoms with Crippen LogP contribution in [0.2, 0.25) is 0 Å². The maximum absolute atomic E-state index is 11.6. The van der Waals surface area contributed by atoms with Gasteiger partial charge in [0.15, 0.2) is 0 Å². The first-order valence-corrected chi connectivity index (χ1v) is 5.73. The Hall–Kier alpha value is -2.30. The number of rotatable bonds is 3. The zero-order valence-corrected chi connectivity index (χ0v) is 10.4. The number of hydrogen-bond acceptors (Lipinski definition) is 3. The second-order valence-corrected chi connectivity index (χ2v) is 3.93. The Morgan fingerprint density at radius 1 is 1.44 bits per heavy atom. The third-order valence-corrected chi connectivity index (χ3v) is 2.63. The summed E-state index contributed by atoms with van der Waals surface area (Å²) in [4.78, 5) is 17.1. The van der Waals surface area contributed by atoms with Crippen molar-refractivity contribution in [2.75, 3.05) is 4.90 Å². The molecule has 0 saturated carbocycles. The summed E-state index contributed by atoms with van der Waals surface area (Å²) in [6.45, 7) is 3.80. The number of aryl methyl sites for hydroxylation is 2. The van der Waals surface area contributed by atoms with Crippen LogP contribution in [0.1, 0.15) is 18.2 Å². The standard InChI is InChI=1S/C13H15N3O2/c1-3-10-6-4-5-7-11(10)16(12(14)17)13-15-9(2)8-18-13/h4-8H,3H2,1-2H3,(H2,14,17). The van der Waals surface area contributed by atoms with Crippen LogP contribution in [-0.4, -0.2) is 11.0 Å². The van der Waals surface area contributed by atoms with Gasteiger partial charge in [0.1, 0.15) is 6.26 Å². The number of carbonyl (C=O) groups excluding carboxylic acids is 1. The lowest BCUT2D eigenvalue weighted by Crippen LogP contribution is -2.32. The molecule has 1 heterocycles. The van der Waals surface area contributed by atoms with Crippen LogP contribution in [0, 0.1) is 6.92 Å². The molecule has 0 aliphatic rings. The van der Waals surface area contributed by atoms with E-state index in [9.17, 15) is 4.79 Å². The minimum atomic E-state index is -0.613. The van der Waals surface area contributed by atoms with Crippen LogP contribution in [0.25, 0.3) is 0 Å². The van der Waals surface area contributed by atoms with Gasteiger partial charge in [0.2, 0.25) is 0 Å². The van der Waals surface area contributed by atoms with Gasteiger partial charge >= 0.3 is 12.0 Å². The van der Waals surface area contributed by atoms with Crippen molar-refractivity contribution >= 4 is 17.7 Å². The van der Waals surface area contributed by atoms with Crippen LogP contribution in [0.4, 0.5) is 16.5 Å². The Morgan fingerprint density at radius 2 is 2.17 bits per heavy atom. The van der Waals surface area contributed by atoms with Crippen LogP contribution < -0.4 is 10.6 Å². The van der Waals surface area contributed by atoms with E-state index in [2.05, 4.69) is 4.98 Å². The molecule has 1 aromatic carbocycles. The van der Waals surface area contributed by atoms with Gasteiger partial charge in [-0.15, -0.1) is 0 Å². The van der Waals surface area contributed by atoms with Crippen LogP contribution in [-0.2, 0) is 6.42 Å². The van der Waals surface area contributed by atoms with Crippen molar-refractivity contribution in [2.24, 2.45) is 5.73 Å². The number of urea groups is 1. The topological polar surface area (TPSA) is 72.4 Å². The minimum Gasteiger partial charge on any atom is -0.431 e. The van der Waals surface area contributed by atoms with Gasteiger partial charge in [0.05, 0.1) is 11.4 Å². The van der Waals surface area contributed by atoms with Crippen molar-refractivity contribution in [3.8, 4) is 0 Å². The van der Waals surface area contributed by atoms with Gasteiger partial charge in [-0.25, -0.2) is 9.69 Å². The van der Waals surface area contributed by atoms with Crippen molar-refractivity contribution < 1.29 is 9.21 Å². The van der Waals surface area contributed by atoms with E-state index in [-0.39, 0.29) is 6.01 Å². The highest BCUT2D eigenvalue weighted by Crippen LogP contribution is 2.28. The first kappa shape index (κ1) is 12.2. The molecule has 0 fully saturated rings. The number of carbonyl (C=O) groups is 1. The van der Waals surface area contributed by atoms with Gasteiger partial charge in [-0.2, -0.15) is 4.98 Å². The number of primary amides is 1. The number of aromatic nitrogens is 1. The smallest absolute Gasteiger partial charge is 0.327 e. The van der Waals surface area contributed by atoms with Gasteiger partial charge in [0, 0.05) is 0 Å². The van der Waals surface area contributed by atoms with Crippen LogP contribution >= 0.6 is 0 Å². The number of oxazole rings is 1. The summed E-state index contributed by atoms with van der Waals surface area (Å²) < 4.78 is 5.26. The molecule has 0 bridgehead atoms. The first-order chi connectivity index (χ1) is 8.63. The Morgan fingerprint density at radius 3 is 2.72 bits per heavy atom. The normalized spacial score (nSPS) is 10.3. The molecule has 2 N–H and O–H groups in total. The maximum Gasteiger partial charge on any atom is 0.327 e. The fraction of sp³-hybridized carbons (Fsp3) is 0.231. The predicted octanol–water partition coefficient (Wildman–Crippen LogP) is 2.76. The number of amides is 2. The van der Waals surface area contributed by atoms with Crippen molar-refractivity contribution in [3.63, 3.8) is 0 Å². The molecular weight excluding hydrogens is 230 g/mol. The summed E-state index contributed by atoms with van der Waals surface area (Å²) >= 11 is 0. The van der Waals surface area contributed by atoms with Crippen LogP contribution in [0.15, 0.2) is 34.9 Å². The van der Waals surface area contributed by atoms with E-state index in [1.54, 1.807) is 6.92 Å². The highest BCUT2D eigenvalue weighted by atomic mass is 16.4. The molecule has 0 aliphatic carbocycles. The molecular formula is C13H15N3O2. The summed E-state index contributed by atoms with van der Waals surface area (Å²) in [5.74, 6) is 0. The Balaban J connectivity index is 2.51. The number of nitrogens with zero attached hydrogens (tertiary/aromatic N) is 2. The molecule has 0 unspecified atom stereocenters. The molecule has 1 aromatic heterocycles. The zero-order chi connectivity index (χ0) is 13.1. The third kappa shape index (κ3) is 2.20. The van der Waals surface area contributed by atoms with Gasteiger partial charge in [0.25, 0.3) is 0 Å². The molecule has 2 aromatic rings. The van der Waals surface area contributed by atoms with Gasteiger partial charge in [-0.3, -0.25) is 0 Å². The lowest BCUT2D eigenvalue weighted by atomic mass is 10.1. The molecule has 2 amide bonds. The predicted molar refractivity (Wildman–Crippen MR) is 68.8 cm³/mol. The van der Waals surface area contributed by atoms with E-state index in [0.717, 1.165) is 12.0 Å². The fourth-order valence-electron chi connectivity index (χ4n) is 1.79. The highest BCUT2D eigenvalue weighted by Gasteiger charge is 2.21. The monoisotopic (exact) mass is 245 g/mol. The maximum atomic E-state index is 11.6. The number of benzene rings is 1. The average molecular weight is 245 g/mol. The number of anilines is 2. The Kier molecular flexibility index (Phi) is 3.32. The Bertz CT molecular complexity index is 563. The van der Waals surface area contributed by atoms with Crippen molar-refractivity contribution in [3.05, 3.63) is 41.8 Å². The second-order valence-electron chi connectivity index (χ2n) is 3.93. The van der Waals surface area contributed by atoms with Crippen molar-refractivity contribution in [1.82, 2.24) is 4.98 Å². The van der Waals surface area contributed by atoms with E-state index in [4.69, 9.17) is 10.2 Å². The van der Waals surface area contributed by atoms with E-state index < -0.39 is 6.03 Å². The first-order valence-electron chi connectivity index (χ1n) is 5.73. The lowest BCUT2D eigenvalue weighted by Gasteiger charge is -2.18. The average Bonchev–Trinajstić information content (AvgIpc) is 2.76. The molecule has 5 heteroatoms. The lowest BCUT2D eigenvalue weighted by molar-refractivity contribution is 0.255. The van der Waals surface area contributed by atoms with E-state index in [1.165, 1.54) is 11.2 Å². The molecule has 0 radical (unpaired) electrons. The van der Waals surface area contributed by atoms with Gasteiger partial charge < -0.3 is 10.2 Å². The number of nitrogens with two attached hydrogens (primary N) is 1. The molecule has 0 spiro atoms. The summed E-state index contributed by atoms with van der Waals surface area (Å²) in [5.41, 5.74) is 7.83. The van der Waals surface area contributed by atoms with Crippen molar-refractivity contribution in [1.29, 1.82) is 0 Å². The summed E-state index contributed by atoms with van der Waals surface area (Å²) in [7, 11) is 0. The molecule has 94 valence electrons. The van der Waals surface area contributed by atoms with Crippen molar-refractivity contribution in [2.45, 2.75) is 20.3 Å². The molecule has 18 heavy (non-hydrogen) atoms. The summed E-state index contributed by atoms with van der Waals surface area (Å²) in [6.07, 6.45) is 2.28. The van der Waals surface area contributed by atoms with E-state index in [1.807, 2.05) is 31.2 Å². The zero-order valence-electron chi connectivity index (χ0n) is 10.4. The largest absolute Gasteiger partial charge is 0.431 e. The second kappa shape index (κ2) is 4.91. The quantitative estimate of drug-likeness (QED) is 0.903. The highest BCUT2D eigenvalue weighted by molar-refractivity contribution is 5.97. The SMILES string of the molecule is CCc1ccccc1N(C(N)=O)c1nc(C)co1.